The Morgan fingerprint density at radius 1 is 1.07 bits per heavy atom. The van der Waals surface area contributed by atoms with Crippen molar-refractivity contribution >= 4 is 23.2 Å². The normalized spacial score (nSPS) is 12.1. The fraction of sp³-hybridized carbons (Fsp3) is 0.538. The van der Waals surface area contributed by atoms with Gasteiger partial charge in [0, 0.05) is 17.2 Å². The second-order valence-corrected chi connectivity index (χ2v) is 4.98. The van der Waals surface area contributed by atoms with Crippen molar-refractivity contribution in [1.29, 1.82) is 0 Å². The molecule has 1 aromatic rings. The molecule has 0 heterocycles. The number of halogens is 2. The van der Waals surface area contributed by atoms with E-state index in [0.717, 1.165) is 6.42 Å². The van der Waals surface area contributed by atoms with E-state index in [0.29, 0.717) is 17.7 Å². The summed E-state index contributed by atoms with van der Waals surface area (Å²) in [6, 6.07) is 10.4. The Morgan fingerprint density at radius 3 is 2.00 bits per heavy atom. The third-order valence-corrected chi connectivity index (χ3v) is 4.22. The van der Waals surface area contributed by atoms with Gasteiger partial charge in [-0.05, 0) is 17.9 Å². The molecule has 0 unspecified atom stereocenters. The summed E-state index contributed by atoms with van der Waals surface area (Å²) in [6.45, 7) is 4.38. The van der Waals surface area contributed by atoms with E-state index in [1.165, 1.54) is 5.56 Å². The highest BCUT2D eigenvalue weighted by atomic mass is 35.5. The SMILES string of the molecule is CC(C)C(CCl)(CCl)Cc1ccccc1. The van der Waals surface area contributed by atoms with Gasteiger partial charge in [-0.3, -0.25) is 0 Å². The van der Waals surface area contributed by atoms with Gasteiger partial charge in [0.2, 0.25) is 0 Å². The maximum absolute atomic E-state index is 6.08. The minimum absolute atomic E-state index is 0.0183. The average molecular weight is 245 g/mol. The Hall–Kier alpha value is -0.200. The van der Waals surface area contributed by atoms with Crippen LogP contribution in [0.25, 0.3) is 0 Å². The van der Waals surface area contributed by atoms with Crippen molar-refractivity contribution in [2.45, 2.75) is 20.3 Å². The predicted octanol–water partition coefficient (Wildman–Crippen LogP) is 4.35. The van der Waals surface area contributed by atoms with Gasteiger partial charge in [-0.1, -0.05) is 44.2 Å². The Morgan fingerprint density at radius 2 is 1.60 bits per heavy atom. The number of hydrogen-bond acceptors (Lipinski definition) is 0. The van der Waals surface area contributed by atoms with Crippen LogP contribution in [0.1, 0.15) is 19.4 Å². The standard InChI is InChI=1S/C13H18Cl2/c1-11(2)13(9-14,10-15)8-12-6-4-3-5-7-12/h3-7,11H,8-10H2,1-2H3. The minimum Gasteiger partial charge on any atom is -0.126 e. The van der Waals surface area contributed by atoms with Crippen LogP contribution in [0.4, 0.5) is 0 Å². The molecule has 0 spiro atoms. The number of benzene rings is 1. The zero-order valence-corrected chi connectivity index (χ0v) is 10.9. The molecular formula is C13H18Cl2. The van der Waals surface area contributed by atoms with Crippen LogP contribution in [0.2, 0.25) is 0 Å². The van der Waals surface area contributed by atoms with Crippen LogP contribution >= 0.6 is 23.2 Å². The van der Waals surface area contributed by atoms with Gasteiger partial charge in [0.25, 0.3) is 0 Å². The summed E-state index contributed by atoms with van der Waals surface area (Å²) in [5.74, 6) is 1.72. The van der Waals surface area contributed by atoms with Gasteiger partial charge in [0.15, 0.2) is 0 Å². The third-order valence-electron chi connectivity index (χ3n) is 3.16. The smallest absolute Gasteiger partial charge is 0.0297 e. The van der Waals surface area contributed by atoms with Gasteiger partial charge in [-0.15, -0.1) is 23.2 Å². The highest BCUT2D eigenvalue weighted by molar-refractivity contribution is 6.21. The van der Waals surface area contributed by atoms with E-state index in [2.05, 4.69) is 38.1 Å². The topological polar surface area (TPSA) is 0 Å². The van der Waals surface area contributed by atoms with Crippen molar-refractivity contribution in [1.82, 2.24) is 0 Å². The molecule has 15 heavy (non-hydrogen) atoms. The molecule has 0 nitrogen and oxygen atoms in total. The van der Waals surface area contributed by atoms with Crippen molar-refractivity contribution in [3.63, 3.8) is 0 Å². The molecule has 0 bridgehead atoms. The first-order valence-electron chi connectivity index (χ1n) is 5.30. The largest absolute Gasteiger partial charge is 0.126 e. The monoisotopic (exact) mass is 244 g/mol. The molecule has 0 aliphatic rings. The zero-order chi connectivity index (χ0) is 11.3. The number of alkyl halides is 2. The van der Waals surface area contributed by atoms with Crippen molar-refractivity contribution in [3.05, 3.63) is 35.9 Å². The molecule has 0 fully saturated rings. The lowest BCUT2D eigenvalue weighted by Crippen LogP contribution is -2.33. The first-order valence-corrected chi connectivity index (χ1v) is 6.37. The van der Waals surface area contributed by atoms with Crippen LogP contribution in [0.3, 0.4) is 0 Å². The summed E-state index contributed by atoms with van der Waals surface area (Å²) in [4.78, 5) is 0. The highest BCUT2D eigenvalue weighted by Crippen LogP contribution is 2.34. The van der Waals surface area contributed by atoms with E-state index >= 15 is 0 Å². The Kier molecular flexibility index (Phi) is 4.95. The molecule has 84 valence electrons. The molecule has 0 saturated carbocycles. The molecule has 0 saturated heterocycles. The van der Waals surface area contributed by atoms with E-state index in [9.17, 15) is 0 Å². The van der Waals surface area contributed by atoms with Crippen molar-refractivity contribution < 1.29 is 0 Å². The summed E-state index contributed by atoms with van der Waals surface area (Å²) < 4.78 is 0. The van der Waals surface area contributed by atoms with Crippen LogP contribution in [0, 0.1) is 11.3 Å². The van der Waals surface area contributed by atoms with Gasteiger partial charge < -0.3 is 0 Å². The Balaban J connectivity index is 2.84. The Bertz CT molecular complexity index is 276. The van der Waals surface area contributed by atoms with Crippen molar-refractivity contribution in [2.75, 3.05) is 11.8 Å². The first kappa shape index (κ1) is 12.9. The lowest BCUT2D eigenvalue weighted by atomic mass is 9.76. The quantitative estimate of drug-likeness (QED) is 0.676. The van der Waals surface area contributed by atoms with E-state index in [-0.39, 0.29) is 5.41 Å². The fourth-order valence-corrected chi connectivity index (χ4v) is 2.74. The third kappa shape index (κ3) is 3.12. The van der Waals surface area contributed by atoms with E-state index in [4.69, 9.17) is 23.2 Å². The molecule has 0 radical (unpaired) electrons. The summed E-state index contributed by atoms with van der Waals surface area (Å²) in [7, 11) is 0. The molecule has 0 amide bonds. The summed E-state index contributed by atoms with van der Waals surface area (Å²) in [5.41, 5.74) is 1.33. The van der Waals surface area contributed by atoms with Crippen LogP contribution in [-0.4, -0.2) is 11.8 Å². The van der Waals surface area contributed by atoms with E-state index < -0.39 is 0 Å². The molecule has 0 aromatic heterocycles. The van der Waals surface area contributed by atoms with Crippen molar-refractivity contribution in [2.24, 2.45) is 11.3 Å². The maximum Gasteiger partial charge on any atom is 0.0297 e. The van der Waals surface area contributed by atoms with Gasteiger partial charge in [0.1, 0.15) is 0 Å². The fourth-order valence-electron chi connectivity index (χ4n) is 1.65. The summed E-state index contributed by atoms with van der Waals surface area (Å²) in [5, 5.41) is 0. The molecule has 1 rings (SSSR count). The van der Waals surface area contributed by atoms with Gasteiger partial charge in [0.05, 0.1) is 0 Å². The lowest BCUT2D eigenvalue weighted by molar-refractivity contribution is 0.259. The first-order chi connectivity index (χ1) is 7.14. The van der Waals surface area contributed by atoms with Crippen LogP contribution in [0.15, 0.2) is 30.3 Å². The predicted molar refractivity (Wildman–Crippen MR) is 68.9 cm³/mol. The number of hydrogen-bond donors (Lipinski definition) is 0. The molecule has 0 N–H and O–H groups in total. The molecule has 0 aliphatic carbocycles. The number of rotatable bonds is 5. The Labute approximate surface area is 103 Å². The minimum atomic E-state index is 0.0183. The summed E-state index contributed by atoms with van der Waals surface area (Å²) >= 11 is 12.2. The molecular weight excluding hydrogens is 227 g/mol. The lowest BCUT2D eigenvalue weighted by Gasteiger charge is -2.34. The molecule has 2 heteroatoms. The second kappa shape index (κ2) is 5.77. The van der Waals surface area contributed by atoms with E-state index in [1.807, 2.05) is 6.07 Å². The second-order valence-electron chi connectivity index (χ2n) is 4.45. The molecule has 1 aromatic carbocycles. The molecule has 0 atom stereocenters. The molecule has 0 aliphatic heterocycles. The van der Waals surface area contributed by atoms with Crippen molar-refractivity contribution in [3.8, 4) is 0 Å². The van der Waals surface area contributed by atoms with Gasteiger partial charge >= 0.3 is 0 Å². The zero-order valence-electron chi connectivity index (χ0n) is 9.34. The van der Waals surface area contributed by atoms with Crippen LogP contribution in [0.5, 0.6) is 0 Å². The van der Waals surface area contributed by atoms with E-state index in [1.54, 1.807) is 0 Å². The highest BCUT2D eigenvalue weighted by Gasteiger charge is 2.32. The average Bonchev–Trinajstić information content (AvgIpc) is 2.27. The maximum atomic E-state index is 6.08. The van der Waals surface area contributed by atoms with Crippen LogP contribution in [-0.2, 0) is 6.42 Å². The van der Waals surface area contributed by atoms with Crippen LogP contribution < -0.4 is 0 Å². The van der Waals surface area contributed by atoms with Gasteiger partial charge in [-0.25, -0.2) is 0 Å². The summed E-state index contributed by atoms with van der Waals surface area (Å²) in [6.07, 6.45) is 0.957. The van der Waals surface area contributed by atoms with Gasteiger partial charge in [-0.2, -0.15) is 0 Å².